The molecule has 4 aromatic rings. The highest BCUT2D eigenvalue weighted by molar-refractivity contribution is 9.10. The van der Waals surface area contributed by atoms with Crippen LogP contribution in [0.1, 0.15) is 5.56 Å². The fraction of sp³-hybridized carbons (Fsp3) is 0.0526. The lowest BCUT2D eigenvalue weighted by atomic mass is 10.2. The summed E-state index contributed by atoms with van der Waals surface area (Å²) in [5, 5.41) is 1.07. The maximum absolute atomic E-state index is 6.38. The van der Waals surface area contributed by atoms with E-state index in [1.165, 1.54) is 0 Å². The van der Waals surface area contributed by atoms with Crippen LogP contribution in [0, 0.1) is 0 Å². The molecule has 4 rings (SSSR count). The topological polar surface area (TPSA) is 39.9 Å². The molecule has 26 heavy (non-hydrogen) atoms. The summed E-state index contributed by atoms with van der Waals surface area (Å²) in [6.07, 6.45) is 1.70. The first kappa shape index (κ1) is 17.3. The van der Waals surface area contributed by atoms with E-state index in [2.05, 4.69) is 25.9 Å². The Morgan fingerprint density at radius 2 is 1.85 bits per heavy atom. The smallest absolute Gasteiger partial charge is 0.181 e. The summed E-state index contributed by atoms with van der Waals surface area (Å²) in [5.41, 5.74) is 3.12. The van der Waals surface area contributed by atoms with Gasteiger partial charge >= 0.3 is 0 Å². The van der Waals surface area contributed by atoms with E-state index in [1.54, 1.807) is 23.1 Å². The Hall–Kier alpha value is -2.08. The average Bonchev–Trinajstić information content (AvgIpc) is 2.99. The maximum atomic E-state index is 6.38. The molecular weight excluding hydrogens is 437 g/mol. The van der Waals surface area contributed by atoms with Crippen LogP contribution >= 0.6 is 39.1 Å². The summed E-state index contributed by atoms with van der Waals surface area (Å²) < 4.78 is 2.69. The molecule has 0 spiro atoms. The molecule has 0 amide bonds. The molecule has 2 aromatic heterocycles. The number of fused-ring (bicyclic) bond motifs is 1. The van der Waals surface area contributed by atoms with Crippen molar-refractivity contribution < 1.29 is 4.84 Å². The number of nitrogens with zero attached hydrogens (tertiary/aromatic N) is 3. The predicted molar refractivity (Wildman–Crippen MR) is 107 cm³/mol. The third-order valence-electron chi connectivity index (χ3n) is 3.83. The SMILES string of the molecule is Clc1ccc(-c2nc3ncccc3n2OCc2ccc(Br)cc2)c(Cl)c1. The number of pyridine rings is 1. The van der Waals surface area contributed by atoms with E-state index in [0.29, 0.717) is 28.1 Å². The van der Waals surface area contributed by atoms with E-state index in [4.69, 9.17) is 28.0 Å². The van der Waals surface area contributed by atoms with Crippen molar-refractivity contribution in [2.24, 2.45) is 0 Å². The van der Waals surface area contributed by atoms with Crippen LogP contribution in [-0.2, 0) is 6.61 Å². The average molecular weight is 449 g/mol. The van der Waals surface area contributed by atoms with Crippen molar-refractivity contribution in [3.63, 3.8) is 0 Å². The molecule has 0 aliphatic carbocycles. The van der Waals surface area contributed by atoms with Gasteiger partial charge in [0.1, 0.15) is 12.1 Å². The van der Waals surface area contributed by atoms with Crippen molar-refractivity contribution in [1.29, 1.82) is 0 Å². The van der Waals surface area contributed by atoms with E-state index >= 15 is 0 Å². The van der Waals surface area contributed by atoms with Gasteiger partial charge in [-0.1, -0.05) is 51.3 Å². The van der Waals surface area contributed by atoms with Gasteiger partial charge in [-0.25, -0.2) is 9.97 Å². The van der Waals surface area contributed by atoms with Crippen LogP contribution in [0.2, 0.25) is 10.0 Å². The fourth-order valence-corrected chi connectivity index (χ4v) is 3.34. The Labute approximate surface area is 168 Å². The monoisotopic (exact) mass is 447 g/mol. The van der Waals surface area contributed by atoms with Crippen molar-refractivity contribution in [1.82, 2.24) is 14.7 Å². The molecule has 0 saturated carbocycles. The van der Waals surface area contributed by atoms with Crippen molar-refractivity contribution in [2.45, 2.75) is 6.61 Å². The van der Waals surface area contributed by atoms with Gasteiger partial charge < -0.3 is 4.84 Å². The van der Waals surface area contributed by atoms with Gasteiger partial charge in [0.05, 0.1) is 5.02 Å². The predicted octanol–water partition coefficient (Wildman–Crippen LogP) is 5.80. The van der Waals surface area contributed by atoms with Crippen LogP contribution < -0.4 is 4.84 Å². The van der Waals surface area contributed by atoms with Gasteiger partial charge in [-0.3, -0.25) is 0 Å². The first-order valence-corrected chi connectivity index (χ1v) is 9.33. The minimum Gasteiger partial charge on any atom is -0.407 e. The molecule has 0 aliphatic rings. The number of rotatable bonds is 4. The standard InChI is InChI=1S/C19H12BrCl2N3O/c20-13-5-3-12(4-6-13)11-26-25-17-2-1-9-23-18(17)24-19(25)15-8-7-14(21)10-16(15)22/h1-10H,11H2. The second-order valence-electron chi connectivity index (χ2n) is 5.60. The second kappa shape index (κ2) is 7.27. The number of hydrogen-bond acceptors (Lipinski definition) is 3. The number of benzene rings is 2. The number of imidazole rings is 1. The van der Waals surface area contributed by atoms with Crippen molar-refractivity contribution in [3.8, 4) is 11.4 Å². The normalized spacial score (nSPS) is 11.0. The molecule has 0 aliphatic heterocycles. The molecule has 2 heterocycles. The quantitative estimate of drug-likeness (QED) is 0.396. The highest BCUT2D eigenvalue weighted by Crippen LogP contribution is 2.31. The summed E-state index contributed by atoms with van der Waals surface area (Å²) in [4.78, 5) is 15.0. The molecule has 0 bridgehead atoms. The third kappa shape index (κ3) is 3.43. The maximum Gasteiger partial charge on any atom is 0.181 e. The van der Waals surface area contributed by atoms with Crippen LogP contribution in [0.25, 0.3) is 22.6 Å². The lowest BCUT2D eigenvalue weighted by Gasteiger charge is -2.12. The number of halogens is 3. The van der Waals surface area contributed by atoms with Gasteiger partial charge in [0, 0.05) is 21.3 Å². The van der Waals surface area contributed by atoms with Crippen molar-refractivity contribution in [2.75, 3.05) is 0 Å². The van der Waals surface area contributed by atoms with Gasteiger partial charge in [0.25, 0.3) is 0 Å². The Morgan fingerprint density at radius 1 is 1.04 bits per heavy atom. The minimum atomic E-state index is 0.381. The molecule has 0 saturated heterocycles. The lowest BCUT2D eigenvalue weighted by molar-refractivity contribution is 0.110. The van der Waals surface area contributed by atoms with Gasteiger partial charge in [-0.05, 0) is 48.0 Å². The first-order valence-electron chi connectivity index (χ1n) is 7.78. The van der Waals surface area contributed by atoms with E-state index in [0.717, 1.165) is 21.1 Å². The van der Waals surface area contributed by atoms with Crippen molar-refractivity contribution >= 4 is 50.3 Å². The highest BCUT2D eigenvalue weighted by Gasteiger charge is 2.17. The number of hydrogen-bond donors (Lipinski definition) is 0. The van der Waals surface area contributed by atoms with Gasteiger partial charge in [0.15, 0.2) is 11.5 Å². The molecule has 2 aromatic carbocycles. The summed E-state index contributed by atoms with van der Waals surface area (Å²) in [5.74, 6) is 0.581. The zero-order valence-corrected chi connectivity index (χ0v) is 16.5. The van der Waals surface area contributed by atoms with Crippen LogP contribution in [-0.4, -0.2) is 14.7 Å². The van der Waals surface area contributed by atoms with Gasteiger partial charge in [0.2, 0.25) is 0 Å². The Balaban J connectivity index is 1.77. The Kier molecular flexibility index (Phi) is 4.85. The fourth-order valence-electron chi connectivity index (χ4n) is 2.58. The molecule has 4 nitrogen and oxygen atoms in total. The molecule has 7 heteroatoms. The highest BCUT2D eigenvalue weighted by atomic mass is 79.9. The summed E-state index contributed by atoms with van der Waals surface area (Å²) >= 11 is 15.8. The molecule has 130 valence electrons. The van der Waals surface area contributed by atoms with E-state index in [9.17, 15) is 0 Å². The summed E-state index contributed by atoms with van der Waals surface area (Å²) in [6, 6.07) is 17.0. The van der Waals surface area contributed by atoms with Gasteiger partial charge in [-0.15, -0.1) is 0 Å². The third-order valence-corrected chi connectivity index (χ3v) is 4.91. The first-order chi connectivity index (χ1) is 12.6. The van der Waals surface area contributed by atoms with E-state index in [1.807, 2.05) is 42.5 Å². The van der Waals surface area contributed by atoms with Crippen LogP contribution in [0.5, 0.6) is 0 Å². The largest absolute Gasteiger partial charge is 0.407 e. The van der Waals surface area contributed by atoms with Crippen LogP contribution in [0.15, 0.2) is 65.3 Å². The summed E-state index contributed by atoms with van der Waals surface area (Å²) in [6.45, 7) is 0.381. The second-order valence-corrected chi connectivity index (χ2v) is 7.36. The van der Waals surface area contributed by atoms with Crippen LogP contribution in [0.3, 0.4) is 0 Å². The molecule has 0 radical (unpaired) electrons. The van der Waals surface area contributed by atoms with E-state index in [-0.39, 0.29) is 0 Å². The Morgan fingerprint density at radius 3 is 2.62 bits per heavy atom. The molecule has 0 N–H and O–H groups in total. The van der Waals surface area contributed by atoms with Gasteiger partial charge in [-0.2, -0.15) is 4.73 Å². The minimum absolute atomic E-state index is 0.381. The lowest BCUT2D eigenvalue weighted by Crippen LogP contribution is -2.12. The molecular formula is C19H12BrCl2N3O. The zero-order valence-electron chi connectivity index (χ0n) is 13.4. The van der Waals surface area contributed by atoms with Crippen LogP contribution in [0.4, 0.5) is 0 Å². The van der Waals surface area contributed by atoms with E-state index < -0.39 is 0 Å². The molecule has 0 atom stereocenters. The van der Waals surface area contributed by atoms with Crippen molar-refractivity contribution in [3.05, 3.63) is 80.9 Å². The number of aromatic nitrogens is 3. The Bertz CT molecular complexity index is 1080. The molecule has 0 fully saturated rings. The molecule has 0 unspecified atom stereocenters. The summed E-state index contributed by atoms with van der Waals surface area (Å²) in [7, 11) is 0. The zero-order chi connectivity index (χ0) is 18.1.